The predicted molar refractivity (Wildman–Crippen MR) is 235 cm³/mol. The van der Waals surface area contributed by atoms with Crippen LogP contribution in [0.3, 0.4) is 0 Å². The number of H-pyrrole nitrogens is 2. The number of carbonyl (C=O) groups is 4. The fourth-order valence-electron chi connectivity index (χ4n) is 7.64. The van der Waals surface area contributed by atoms with E-state index in [9.17, 15) is 19.2 Å². The number of aromatic amines is 2. The number of methoxy groups -OCH3 is 2. The van der Waals surface area contributed by atoms with Crippen LogP contribution in [0.1, 0.15) is 62.4 Å². The molecule has 0 aliphatic carbocycles. The number of benzene rings is 5. The van der Waals surface area contributed by atoms with Crippen molar-refractivity contribution in [2.45, 2.75) is 52.7 Å². The summed E-state index contributed by atoms with van der Waals surface area (Å²) in [7, 11) is 2.53. The molecule has 0 unspecified atom stereocenters. The summed E-state index contributed by atoms with van der Waals surface area (Å²) in [5.74, 6) is 7.08. The Balaban J connectivity index is 1.17. The lowest BCUT2D eigenvalue weighted by Crippen LogP contribution is -2.43. The molecule has 0 saturated heterocycles. The van der Waals surface area contributed by atoms with E-state index in [0.717, 1.165) is 66.7 Å². The first-order chi connectivity index (χ1) is 29.6. The molecule has 0 radical (unpaired) electrons. The molecule has 312 valence electrons. The molecule has 2 heterocycles. The third-order valence-corrected chi connectivity index (χ3v) is 10.5. The summed E-state index contributed by atoms with van der Waals surface area (Å²) in [6, 6.07) is 26.8. The lowest BCUT2D eigenvalue weighted by molar-refractivity contribution is -0.134. The number of hydrogen-bond donors (Lipinski definition) is 4. The van der Waals surface area contributed by atoms with Crippen LogP contribution in [0.25, 0.3) is 54.7 Å². The molecule has 14 nitrogen and oxygen atoms in total. The number of amides is 4. The summed E-state index contributed by atoms with van der Waals surface area (Å²) in [6.07, 6.45) is 0.101. The number of nitrogens with zero attached hydrogens (tertiary/aromatic N) is 4. The minimum atomic E-state index is -0.922. The van der Waals surface area contributed by atoms with Crippen LogP contribution in [0.4, 0.5) is 9.59 Å². The Labute approximate surface area is 353 Å². The topological polar surface area (TPSA) is 175 Å². The normalized spacial score (nSPS) is 11.6. The fourth-order valence-corrected chi connectivity index (χ4v) is 7.64. The van der Waals surface area contributed by atoms with Gasteiger partial charge in [-0.15, -0.1) is 5.92 Å². The molecule has 0 aliphatic rings. The molecule has 5 aromatic carbocycles. The molecule has 0 bridgehead atoms. The maximum Gasteiger partial charge on any atom is 0.407 e. The fraction of sp³-hybridized carbons (Fsp3) is 0.277. The third-order valence-electron chi connectivity index (χ3n) is 10.5. The SMILES string of the molecule is CC#Cc1cc2nc(CN(CCC)C(=O)CNC(=O)OC)[nH]c2c2ccc(-c3ccc4c(ccc5nc(CN(CCC)C(=O)[C@H](NC(=O)OC)c6ccccc6)[nH]c54)c3)cc12. The van der Waals surface area contributed by atoms with Crippen molar-refractivity contribution in [2.24, 2.45) is 0 Å². The van der Waals surface area contributed by atoms with E-state index in [2.05, 4.69) is 79.6 Å². The number of alkyl carbamates (subject to hydrolysis) is 2. The minimum absolute atomic E-state index is 0.174. The first kappa shape index (κ1) is 41.7. The Morgan fingerprint density at radius 3 is 2.05 bits per heavy atom. The maximum absolute atomic E-state index is 14.0. The molecule has 7 rings (SSSR count). The van der Waals surface area contributed by atoms with Gasteiger partial charge in [-0.3, -0.25) is 9.59 Å². The molecule has 0 aliphatic heterocycles. The van der Waals surface area contributed by atoms with Crippen molar-refractivity contribution in [1.82, 2.24) is 40.4 Å². The van der Waals surface area contributed by atoms with Crippen LogP contribution in [0.15, 0.2) is 84.9 Å². The maximum atomic E-state index is 14.0. The highest BCUT2D eigenvalue weighted by molar-refractivity contribution is 6.09. The van der Waals surface area contributed by atoms with Crippen molar-refractivity contribution in [3.8, 4) is 23.0 Å². The second-order valence-corrected chi connectivity index (χ2v) is 14.6. The lowest BCUT2D eigenvalue weighted by Gasteiger charge is -2.27. The zero-order chi connectivity index (χ0) is 43.0. The van der Waals surface area contributed by atoms with E-state index < -0.39 is 18.2 Å². The second-order valence-electron chi connectivity index (χ2n) is 14.6. The van der Waals surface area contributed by atoms with Crippen molar-refractivity contribution < 1.29 is 28.7 Å². The van der Waals surface area contributed by atoms with Crippen LogP contribution in [-0.4, -0.2) is 87.6 Å². The van der Waals surface area contributed by atoms with Gasteiger partial charge in [-0.1, -0.05) is 80.4 Å². The molecule has 0 fully saturated rings. The highest BCUT2D eigenvalue weighted by Gasteiger charge is 2.28. The highest BCUT2D eigenvalue weighted by atomic mass is 16.5. The minimum Gasteiger partial charge on any atom is -0.453 e. The number of hydrogen-bond acceptors (Lipinski definition) is 8. The number of aromatic nitrogens is 4. The predicted octanol–water partition coefficient (Wildman–Crippen LogP) is 7.71. The summed E-state index contributed by atoms with van der Waals surface area (Å²) >= 11 is 0. The zero-order valence-corrected chi connectivity index (χ0v) is 34.8. The van der Waals surface area contributed by atoms with Crippen molar-refractivity contribution >= 4 is 67.6 Å². The monoisotopic (exact) mass is 820 g/mol. The number of nitrogens with one attached hydrogen (secondary N) is 4. The van der Waals surface area contributed by atoms with Crippen LogP contribution in [-0.2, 0) is 32.2 Å². The van der Waals surface area contributed by atoms with Crippen LogP contribution < -0.4 is 10.6 Å². The lowest BCUT2D eigenvalue weighted by atomic mass is 9.95. The molecule has 0 spiro atoms. The summed E-state index contributed by atoms with van der Waals surface area (Å²) in [5.41, 5.74) is 6.77. The quantitative estimate of drug-likeness (QED) is 0.0807. The van der Waals surface area contributed by atoms with E-state index in [4.69, 9.17) is 14.7 Å². The van der Waals surface area contributed by atoms with Gasteiger partial charge in [0.15, 0.2) is 0 Å². The van der Waals surface area contributed by atoms with Crippen molar-refractivity contribution in [1.29, 1.82) is 0 Å². The van der Waals surface area contributed by atoms with Gasteiger partial charge in [0.2, 0.25) is 11.8 Å². The first-order valence-electron chi connectivity index (χ1n) is 20.2. The summed E-state index contributed by atoms with van der Waals surface area (Å²) < 4.78 is 9.46. The average Bonchev–Trinajstić information content (AvgIpc) is 3.90. The van der Waals surface area contributed by atoms with Gasteiger partial charge in [0.1, 0.15) is 24.2 Å². The molecule has 2 aromatic heterocycles. The van der Waals surface area contributed by atoms with Gasteiger partial charge in [-0.25, -0.2) is 19.6 Å². The van der Waals surface area contributed by atoms with Crippen LogP contribution >= 0.6 is 0 Å². The third kappa shape index (κ3) is 9.11. The van der Waals surface area contributed by atoms with E-state index in [1.54, 1.807) is 28.9 Å². The molecule has 61 heavy (non-hydrogen) atoms. The Kier molecular flexibility index (Phi) is 12.8. The summed E-state index contributed by atoms with van der Waals surface area (Å²) in [6.45, 7) is 7.06. The van der Waals surface area contributed by atoms with Crippen LogP contribution in [0.5, 0.6) is 0 Å². The van der Waals surface area contributed by atoms with Crippen molar-refractivity contribution in [3.05, 3.63) is 108 Å². The van der Waals surface area contributed by atoms with Crippen LogP contribution in [0, 0.1) is 11.8 Å². The van der Waals surface area contributed by atoms with Gasteiger partial charge in [0, 0.05) is 34.8 Å². The second kappa shape index (κ2) is 18.7. The van der Waals surface area contributed by atoms with Gasteiger partial charge < -0.3 is 39.9 Å². The van der Waals surface area contributed by atoms with Crippen molar-refractivity contribution in [2.75, 3.05) is 33.9 Å². The molecular weight excluding hydrogens is 773 g/mol. The van der Waals surface area contributed by atoms with Gasteiger partial charge in [0.25, 0.3) is 0 Å². The molecule has 4 N–H and O–H groups in total. The highest BCUT2D eigenvalue weighted by Crippen LogP contribution is 2.34. The smallest absolute Gasteiger partial charge is 0.407 e. The number of ether oxygens (including phenoxy) is 2. The molecule has 1 atom stereocenters. The molecular formula is C47H48N8O6. The molecule has 0 saturated carbocycles. The van der Waals surface area contributed by atoms with E-state index in [0.29, 0.717) is 36.7 Å². The van der Waals surface area contributed by atoms with Crippen molar-refractivity contribution in [3.63, 3.8) is 0 Å². The van der Waals surface area contributed by atoms with E-state index in [-0.39, 0.29) is 31.4 Å². The Bertz CT molecular complexity index is 2820. The van der Waals surface area contributed by atoms with Crippen LogP contribution in [0.2, 0.25) is 0 Å². The number of rotatable bonds is 14. The Hall–Kier alpha value is -7.40. The van der Waals surface area contributed by atoms with Gasteiger partial charge in [-0.2, -0.15) is 0 Å². The molecule has 4 amide bonds. The zero-order valence-electron chi connectivity index (χ0n) is 34.8. The molecule has 7 aromatic rings. The van der Waals surface area contributed by atoms with Gasteiger partial charge >= 0.3 is 12.2 Å². The number of imidazole rings is 2. The Morgan fingerprint density at radius 1 is 0.721 bits per heavy atom. The molecule has 14 heteroatoms. The summed E-state index contributed by atoms with van der Waals surface area (Å²) in [5, 5.41) is 9.10. The number of fused-ring (bicyclic) bond motifs is 6. The van der Waals surface area contributed by atoms with E-state index >= 15 is 0 Å². The largest absolute Gasteiger partial charge is 0.453 e. The number of carbonyl (C=O) groups excluding carboxylic acids is 4. The first-order valence-corrected chi connectivity index (χ1v) is 20.2. The standard InChI is InChI=1S/C47H48N8O6/c1-6-12-32-25-38-44(52-39(50-38)27-54(21-7-2)41(56)26-48-46(58)60-4)35-19-16-31(24-36(32)35)30-15-18-34-33(23-30)17-20-37-43(34)51-40(49-37)28-55(22-8-3)45(57)42(53-47(59)61-5)29-13-10-9-11-14-29/h9-11,13-20,23-25,42H,7-8,21-22,26-28H2,1-5H3,(H,48,58)(H,49,51)(H,50,52)(H,53,59)/t42-/m1/s1. The van der Waals surface area contributed by atoms with Gasteiger partial charge in [0.05, 0.1) is 49.4 Å². The van der Waals surface area contributed by atoms with E-state index in [1.807, 2.05) is 44.2 Å². The Morgan fingerprint density at radius 2 is 1.36 bits per heavy atom. The average molecular weight is 821 g/mol. The van der Waals surface area contributed by atoms with E-state index in [1.165, 1.54) is 14.2 Å². The summed E-state index contributed by atoms with van der Waals surface area (Å²) in [4.78, 5) is 70.9. The van der Waals surface area contributed by atoms with Gasteiger partial charge in [-0.05, 0) is 66.1 Å².